The quantitative estimate of drug-likeness (QED) is 0.636. The number of benzene rings is 1. The highest BCUT2D eigenvalue weighted by molar-refractivity contribution is 5.62. The van der Waals surface area contributed by atoms with Crippen molar-refractivity contribution >= 4 is 0 Å². The molecule has 13 heavy (non-hydrogen) atoms. The van der Waals surface area contributed by atoms with E-state index in [2.05, 4.69) is 4.98 Å². The highest BCUT2D eigenvalue weighted by atomic mass is 14.7. The van der Waals surface area contributed by atoms with Crippen LogP contribution in [-0.4, -0.2) is 4.98 Å². The molecule has 0 saturated heterocycles. The molecular weight excluding hydrogens is 158 g/mol. The number of hydrogen-bond acceptors (Lipinski definition) is 1. The van der Waals surface area contributed by atoms with Crippen LogP contribution in [0.4, 0.5) is 0 Å². The first-order valence-corrected chi connectivity index (χ1v) is 4.13. The van der Waals surface area contributed by atoms with E-state index in [1.54, 1.807) is 6.20 Å². The normalized spacial score (nSPS) is 9.92. The molecule has 0 spiro atoms. The Bertz CT molecular complexity index is 376. The van der Waals surface area contributed by atoms with Crippen molar-refractivity contribution in [2.45, 2.75) is 0 Å². The van der Waals surface area contributed by atoms with Gasteiger partial charge < -0.3 is 0 Å². The van der Waals surface area contributed by atoms with E-state index in [1.807, 2.05) is 42.5 Å². The lowest BCUT2D eigenvalue weighted by atomic mass is 10.1. The van der Waals surface area contributed by atoms with Crippen LogP contribution in [0, 0.1) is 6.92 Å². The summed E-state index contributed by atoms with van der Waals surface area (Å²) in [5.74, 6) is 0. The van der Waals surface area contributed by atoms with Gasteiger partial charge in [-0.15, -0.1) is 0 Å². The average molecular weight is 167 g/mol. The zero-order valence-electron chi connectivity index (χ0n) is 7.14. The molecule has 0 saturated carbocycles. The summed E-state index contributed by atoms with van der Waals surface area (Å²) in [5, 5.41) is 0. The van der Waals surface area contributed by atoms with Gasteiger partial charge in [-0.3, -0.25) is 4.98 Å². The lowest BCUT2D eigenvalue weighted by Crippen LogP contribution is -1.81. The molecule has 0 bridgehead atoms. The van der Waals surface area contributed by atoms with Gasteiger partial charge in [-0.2, -0.15) is 0 Å². The first-order valence-electron chi connectivity index (χ1n) is 4.13. The van der Waals surface area contributed by atoms with Gasteiger partial charge in [0.25, 0.3) is 0 Å². The molecule has 2 radical (unpaired) electrons. The maximum atomic E-state index is 5.49. The first kappa shape index (κ1) is 7.99. The second kappa shape index (κ2) is 3.40. The van der Waals surface area contributed by atoms with Crippen molar-refractivity contribution in [3.63, 3.8) is 0 Å². The van der Waals surface area contributed by atoms with Crippen LogP contribution in [0.3, 0.4) is 0 Å². The fourth-order valence-corrected chi connectivity index (χ4v) is 1.21. The molecule has 0 aliphatic carbocycles. The Balaban J connectivity index is 2.42. The fourth-order valence-electron chi connectivity index (χ4n) is 1.21. The minimum absolute atomic E-state index is 0.555. The predicted octanol–water partition coefficient (Wildman–Crippen LogP) is 2.81. The summed E-state index contributed by atoms with van der Waals surface area (Å²) in [7, 11) is 0. The minimum atomic E-state index is 0.555. The van der Waals surface area contributed by atoms with Gasteiger partial charge in [0.05, 0.1) is 0 Å². The van der Waals surface area contributed by atoms with Crippen molar-refractivity contribution in [1.82, 2.24) is 4.98 Å². The van der Waals surface area contributed by atoms with Gasteiger partial charge in [0.2, 0.25) is 0 Å². The van der Waals surface area contributed by atoms with Crippen LogP contribution in [-0.2, 0) is 0 Å². The zero-order valence-corrected chi connectivity index (χ0v) is 7.14. The van der Waals surface area contributed by atoms with Crippen molar-refractivity contribution in [3.05, 3.63) is 61.3 Å². The maximum absolute atomic E-state index is 5.49. The Hall–Kier alpha value is -1.63. The van der Waals surface area contributed by atoms with Crippen LogP contribution in [0.2, 0.25) is 0 Å². The topological polar surface area (TPSA) is 12.9 Å². The third-order valence-electron chi connectivity index (χ3n) is 1.89. The largest absolute Gasteiger partial charge is 0.260 e. The Morgan fingerprint density at radius 1 is 0.846 bits per heavy atom. The molecule has 1 aromatic carbocycles. The smallest absolute Gasteiger partial charge is 0.0448 e. The van der Waals surface area contributed by atoms with E-state index >= 15 is 0 Å². The van der Waals surface area contributed by atoms with Gasteiger partial charge in [0.1, 0.15) is 0 Å². The highest BCUT2D eigenvalue weighted by Crippen LogP contribution is 2.17. The summed E-state index contributed by atoms with van der Waals surface area (Å²) in [5.41, 5.74) is 2.81. The molecule has 1 heteroatoms. The van der Waals surface area contributed by atoms with Crippen LogP contribution in [0.25, 0.3) is 11.1 Å². The standard InChI is InChI=1S/C12H9N/c1-10-7-8-12(9-13-10)11-5-3-2-4-6-11/h1-9H. The molecule has 0 amide bonds. The zero-order chi connectivity index (χ0) is 9.10. The number of aromatic nitrogens is 1. The number of rotatable bonds is 1. The van der Waals surface area contributed by atoms with E-state index in [1.165, 1.54) is 0 Å². The molecule has 0 unspecified atom stereocenters. The third-order valence-corrected chi connectivity index (χ3v) is 1.89. The van der Waals surface area contributed by atoms with E-state index in [-0.39, 0.29) is 0 Å². The van der Waals surface area contributed by atoms with Crippen molar-refractivity contribution in [1.29, 1.82) is 0 Å². The average Bonchev–Trinajstić information content (AvgIpc) is 2.20. The van der Waals surface area contributed by atoms with Gasteiger partial charge in [0, 0.05) is 24.4 Å². The monoisotopic (exact) mass is 167 g/mol. The summed E-state index contributed by atoms with van der Waals surface area (Å²) < 4.78 is 0. The van der Waals surface area contributed by atoms with Gasteiger partial charge in [0.15, 0.2) is 0 Å². The molecule has 0 N–H and O–H groups in total. The Kier molecular flexibility index (Phi) is 2.09. The van der Waals surface area contributed by atoms with Gasteiger partial charge in [-0.1, -0.05) is 36.4 Å². The van der Waals surface area contributed by atoms with Crippen molar-refractivity contribution in [2.24, 2.45) is 0 Å². The molecule has 1 nitrogen and oxygen atoms in total. The molecule has 62 valence electrons. The lowest BCUT2D eigenvalue weighted by Gasteiger charge is -1.99. The molecule has 2 rings (SSSR count). The molecule has 0 fully saturated rings. The number of pyridine rings is 1. The number of nitrogens with zero attached hydrogens (tertiary/aromatic N) is 1. The Morgan fingerprint density at radius 3 is 2.23 bits per heavy atom. The molecule has 0 aliphatic rings. The van der Waals surface area contributed by atoms with Crippen LogP contribution < -0.4 is 0 Å². The summed E-state index contributed by atoms with van der Waals surface area (Å²) in [6.07, 6.45) is 1.78. The van der Waals surface area contributed by atoms with E-state index in [4.69, 9.17) is 6.92 Å². The predicted molar refractivity (Wildman–Crippen MR) is 53.1 cm³/mol. The van der Waals surface area contributed by atoms with E-state index < -0.39 is 0 Å². The third kappa shape index (κ3) is 1.75. The lowest BCUT2D eigenvalue weighted by molar-refractivity contribution is 1.27. The van der Waals surface area contributed by atoms with E-state index in [9.17, 15) is 0 Å². The van der Waals surface area contributed by atoms with E-state index in [0.717, 1.165) is 11.1 Å². The van der Waals surface area contributed by atoms with Gasteiger partial charge in [-0.25, -0.2) is 0 Å². The SMILES string of the molecule is [CH]c1ccc(-c2ccccc2)cn1. The van der Waals surface area contributed by atoms with Gasteiger partial charge in [-0.05, 0) is 11.6 Å². The van der Waals surface area contributed by atoms with E-state index in [0.29, 0.717) is 5.69 Å². The highest BCUT2D eigenvalue weighted by Gasteiger charge is 1.94. The maximum Gasteiger partial charge on any atom is 0.0448 e. The Labute approximate surface area is 78.1 Å². The molecule has 1 heterocycles. The molecule has 0 atom stereocenters. The second-order valence-electron chi connectivity index (χ2n) is 2.84. The van der Waals surface area contributed by atoms with Crippen LogP contribution in [0.5, 0.6) is 0 Å². The minimum Gasteiger partial charge on any atom is -0.260 e. The number of hydrogen-bond donors (Lipinski definition) is 0. The molecule has 1 aromatic heterocycles. The molecular formula is C12H9N. The summed E-state index contributed by atoms with van der Waals surface area (Å²) in [4.78, 5) is 4.03. The van der Waals surface area contributed by atoms with Crippen molar-refractivity contribution < 1.29 is 0 Å². The van der Waals surface area contributed by atoms with Crippen molar-refractivity contribution in [3.8, 4) is 11.1 Å². The van der Waals surface area contributed by atoms with Crippen LogP contribution >= 0.6 is 0 Å². The van der Waals surface area contributed by atoms with Crippen molar-refractivity contribution in [2.75, 3.05) is 0 Å². The molecule has 0 aliphatic heterocycles. The van der Waals surface area contributed by atoms with Gasteiger partial charge >= 0.3 is 0 Å². The Morgan fingerprint density at radius 2 is 1.62 bits per heavy atom. The van der Waals surface area contributed by atoms with Crippen LogP contribution in [0.15, 0.2) is 48.7 Å². The summed E-state index contributed by atoms with van der Waals surface area (Å²) >= 11 is 0. The molecule has 2 aromatic rings. The summed E-state index contributed by atoms with van der Waals surface area (Å²) in [6, 6.07) is 13.9. The first-order chi connectivity index (χ1) is 6.36. The summed E-state index contributed by atoms with van der Waals surface area (Å²) in [6.45, 7) is 5.49. The fraction of sp³-hybridized carbons (Fsp3) is 0. The van der Waals surface area contributed by atoms with Crippen LogP contribution in [0.1, 0.15) is 5.69 Å². The second-order valence-corrected chi connectivity index (χ2v) is 2.84.